The topological polar surface area (TPSA) is 93.9 Å². The van der Waals surface area contributed by atoms with Gasteiger partial charge in [0.25, 0.3) is 0 Å². The molecule has 1 unspecified atom stereocenters. The van der Waals surface area contributed by atoms with Crippen molar-refractivity contribution in [3.05, 3.63) is 18.2 Å². The number of anilines is 1. The lowest BCUT2D eigenvalue weighted by Gasteiger charge is -2.36. The van der Waals surface area contributed by atoms with E-state index in [0.29, 0.717) is 49.5 Å². The predicted octanol–water partition coefficient (Wildman–Crippen LogP) is 2.53. The summed E-state index contributed by atoms with van der Waals surface area (Å²) in [5, 5.41) is 2.93. The summed E-state index contributed by atoms with van der Waals surface area (Å²) in [6.45, 7) is 5.14. The first kappa shape index (κ1) is 21.3. The Balaban J connectivity index is 0.00000261. The Labute approximate surface area is 166 Å². The van der Waals surface area contributed by atoms with Crippen molar-refractivity contribution in [2.45, 2.75) is 45.1 Å². The summed E-state index contributed by atoms with van der Waals surface area (Å²) in [6, 6.07) is 5.35. The van der Waals surface area contributed by atoms with E-state index in [1.165, 1.54) is 0 Å². The number of hydrogen-bond donors (Lipinski definition) is 2. The van der Waals surface area contributed by atoms with Gasteiger partial charge in [-0.2, -0.15) is 0 Å². The molecule has 0 aromatic heterocycles. The van der Waals surface area contributed by atoms with Crippen molar-refractivity contribution in [2.75, 3.05) is 25.2 Å². The van der Waals surface area contributed by atoms with Gasteiger partial charge in [-0.25, -0.2) is 0 Å². The van der Waals surface area contributed by atoms with Crippen LogP contribution in [0.5, 0.6) is 11.5 Å². The first-order valence-corrected chi connectivity index (χ1v) is 9.19. The Kier molecular flexibility index (Phi) is 6.95. The minimum absolute atomic E-state index is 0. The molecule has 2 aliphatic rings. The third-order valence-corrected chi connectivity index (χ3v) is 5.05. The van der Waals surface area contributed by atoms with Crippen LogP contribution in [0.15, 0.2) is 18.2 Å². The van der Waals surface area contributed by atoms with Gasteiger partial charge in [-0.15, -0.1) is 12.4 Å². The number of rotatable bonds is 5. The quantitative estimate of drug-likeness (QED) is 0.796. The van der Waals surface area contributed by atoms with E-state index in [9.17, 15) is 9.59 Å². The molecule has 8 heteroatoms. The van der Waals surface area contributed by atoms with Crippen LogP contribution in [0.4, 0.5) is 5.69 Å². The second kappa shape index (κ2) is 8.80. The average Bonchev–Trinajstić information content (AvgIpc) is 3.09. The Morgan fingerprint density at radius 3 is 2.59 bits per heavy atom. The van der Waals surface area contributed by atoms with Crippen LogP contribution in [-0.2, 0) is 9.59 Å². The smallest absolute Gasteiger partial charge is 0.242 e. The number of fused-ring (bicyclic) bond motifs is 1. The molecule has 1 atom stereocenters. The van der Waals surface area contributed by atoms with E-state index in [0.717, 1.165) is 6.42 Å². The van der Waals surface area contributed by atoms with Crippen LogP contribution < -0.4 is 20.5 Å². The first-order chi connectivity index (χ1) is 12.4. The Bertz CT molecular complexity index is 688. The van der Waals surface area contributed by atoms with Crippen molar-refractivity contribution in [1.29, 1.82) is 0 Å². The van der Waals surface area contributed by atoms with Crippen LogP contribution >= 0.6 is 12.4 Å². The van der Waals surface area contributed by atoms with Crippen molar-refractivity contribution in [3.63, 3.8) is 0 Å². The van der Waals surface area contributed by atoms with Gasteiger partial charge in [-0.3, -0.25) is 9.59 Å². The molecule has 1 saturated heterocycles. The van der Waals surface area contributed by atoms with E-state index >= 15 is 0 Å². The Morgan fingerprint density at radius 1 is 1.26 bits per heavy atom. The zero-order chi connectivity index (χ0) is 18.7. The molecular formula is C19H28ClN3O4. The molecule has 2 heterocycles. The number of likely N-dealkylation sites (tertiary alicyclic amines) is 1. The van der Waals surface area contributed by atoms with Crippen molar-refractivity contribution < 1.29 is 19.1 Å². The predicted molar refractivity (Wildman–Crippen MR) is 105 cm³/mol. The lowest BCUT2D eigenvalue weighted by atomic mass is 9.91. The van der Waals surface area contributed by atoms with Crippen LogP contribution in [0.3, 0.4) is 0 Å². The molecule has 0 spiro atoms. The maximum atomic E-state index is 12.6. The number of hydrogen-bond acceptors (Lipinski definition) is 5. The van der Waals surface area contributed by atoms with Gasteiger partial charge in [0.05, 0.1) is 5.54 Å². The van der Waals surface area contributed by atoms with E-state index in [1.54, 1.807) is 30.0 Å². The van der Waals surface area contributed by atoms with Crippen LogP contribution in [0.25, 0.3) is 0 Å². The fourth-order valence-electron chi connectivity index (χ4n) is 3.55. The minimum atomic E-state index is -0.823. The highest BCUT2D eigenvalue weighted by Gasteiger charge is 2.35. The van der Waals surface area contributed by atoms with Crippen molar-refractivity contribution in [3.8, 4) is 11.5 Å². The third-order valence-electron chi connectivity index (χ3n) is 5.05. The van der Waals surface area contributed by atoms with Crippen LogP contribution in [0.2, 0.25) is 0 Å². The summed E-state index contributed by atoms with van der Waals surface area (Å²) in [7, 11) is 0. The fraction of sp³-hybridized carbons (Fsp3) is 0.579. The second-order valence-electron chi connectivity index (χ2n) is 7.29. The van der Waals surface area contributed by atoms with Crippen LogP contribution in [0.1, 0.15) is 39.5 Å². The molecule has 0 radical (unpaired) electrons. The highest BCUT2D eigenvalue weighted by Crippen LogP contribution is 2.34. The van der Waals surface area contributed by atoms with Gasteiger partial charge < -0.3 is 25.4 Å². The molecule has 3 rings (SSSR count). The second-order valence-corrected chi connectivity index (χ2v) is 7.29. The van der Waals surface area contributed by atoms with E-state index in [-0.39, 0.29) is 36.9 Å². The van der Waals surface area contributed by atoms with E-state index in [2.05, 4.69) is 5.32 Å². The summed E-state index contributed by atoms with van der Waals surface area (Å²) in [6.07, 6.45) is 2.82. The van der Waals surface area contributed by atoms with E-state index in [1.807, 2.05) is 6.92 Å². The first-order valence-electron chi connectivity index (χ1n) is 9.19. The monoisotopic (exact) mass is 397 g/mol. The summed E-state index contributed by atoms with van der Waals surface area (Å²) in [5.74, 6) is 1.17. The number of piperidine rings is 1. The van der Waals surface area contributed by atoms with Gasteiger partial charge in [0, 0.05) is 30.8 Å². The van der Waals surface area contributed by atoms with Gasteiger partial charge in [-0.1, -0.05) is 13.3 Å². The van der Waals surface area contributed by atoms with Crippen molar-refractivity contribution in [1.82, 2.24) is 4.90 Å². The largest absolute Gasteiger partial charge is 0.454 e. The van der Waals surface area contributed by atoms with E-state index in [4.69, 9.17) is 15.2 Å². The molecule has 3 N–H and O–H groups in total. The number of carbonyl (C=O) groups is 2. The summed E-state index contributed by atoms with van der Waals surface area (Å²) in [4.78, 5) is 26.9. The number of carbonyl (C=O) groups excluding carboxylic acids is 2. The van der Waals surface area contributed by atoms with Gasteiger partial charge in [0.2, 0.25) is 18.6 Å². The highest BCUT2D eigenvalue weighted by molar-refractivity contribution is 5.93. The molecule has 150 valence electrons. The van der Waals surface area contributed by atoms with Gasteiger partial charge in [0.1, 0.15) is 0 Å². The number of benzene rings is 1. The molecule has 0 saturated carbocycles. The molecule has 27 heavy (non-hydrogen) atoms. The van der Waals surface area contributed by atoms with Crippen LogP contribution in [0, 0.1) is 5.92 Å². The maximum absolute atomic E-state index is 12.6. The molecule has 2 amide bonds. The molecule has 0 bridgehead atoms. The van der Waals surface area contributed by atoms with E-state index < -0.39 is 5.54 Å². The summed E-state index contributed by atoms with van der Waals surface area (Å²) >= 11 is 0. The lowest BCUT2D eigenvalue weighted by Crippen LogP contribution is -2.55. The number of nitrogens with two attached hydrogens (primary N) is 1. The number of ether oxygens (including phenoxy) is 2. The maximum Gasteiger partial charge on any atom is 0.242 e. The standard InChI is InChI=1S/C19H27N3O4.ClH/c1-3-8-19(2,20)18(24)22-9-6-13(7-10-22)17(23)21-14-4-5-15-16(11-14)26-12-25-15;/h4-5,11,13H,3,6-10,12,20H2,1-2H3,(H,21,23);1H. The highest BCUT2D eigenvalue weighted by atomic mass is 35.5. The fourth-order valence-corrected chi connectivity index (χ4v) is 3.55. The SMILES string of the molecule is CCCC(C)(N)C(=O)N1CCC(C(=O)Nc2ccc3c(c2)OCO3)CC1.Cl. The summed E-state index contributed by atoms with van der Waals surface area (Å²) in [5.41, 5.74) is 6.02. The normalized spacial score (nSPS) is 18.4. The summed E-state index contributed by atoms with van der Waals surface area (Å²) < 4.78 is 10.6. The van der Waals surface area contributed by atoms with Crippen LogP contribution in [-0.4, -0.2) is 42.1 Å². The molecule has 7 nitrogen and oxygen atoms in total. The minimum Gasteiger partial charge on any atom is -0.454 e. The zero-order valence-corrected chi connectivity index (χ0v) is 16.6. The molecule has 1 aromatic rings. The molecule has 1 aromatic carbocycles. The number of halogens is 1. The molecule has 0 aliphatic carbocycles. The van der Waals surface area contributed by atoms with Gasteiger partial charge in [0.15, 0.2) is 11.5 Å². The Hall–Kier alpha value is -1.99. The Morgan fingerprint density at radius 2 is 1.93 bits per heavy atom. The van der Waals surface area contributed by atoms with Gasteiger partial charge in [-0.05, 0) is 38.3 Å². The van der Waals surface area contributed by atoms with Gasteiger partial charge >= 0.3 is 0 Å². The zero-order valence-electron chi connectivity index (χ0n) is 15.8. The molecule has 1 fully saturated rings. The van der Waals surface area contributed by atoms with Crippen molar-refractivity contribution in [2.24, 2.45) is 11.7 Å². The number of nitrogens with one attached hydrogen (secondary N) is 1. The molecular weight excluding hydrogens is 370 g/mol. The number of amides is 2. The number of nitrogens with zero attached hydrogens (tertiary/aromatic N) is 1. The average molecular weight is 398 g/mol. The molecule has 2 aliphatic heterocycles. The third kappa shape index (κ3) is 4.84. The van der Waals surface area contributed by atoms with Crippen molar-refractivity contribution >= 4 is 29.9 Å². The lowest BCUT2D eigenvalue weighted by molar-refractivity contribution is -0.139.